The third-order valence-corrected chi connectivity index (χ3v) is 4.83. The maximum absolute atomic E-state index is 12.6. The summed E-state index contributed by atoms with van der Waals surface area (Å²) >= 11 is 0. The summed E-state index contributed by atoms with van der Waals surface area (Å²) < 4.78 is 11.4. The van der Waals surface area contributed by atoms with Crippen molar-refractivity contribution in [3.63, 3.8) is 0 Å². The summed E-state index contributed by atoms with van der Waals surface area (Å²) in [6.45, 7) is 3.61. The molecule has 0 aromatic heterocycles. The van der Waals surface area contributed by atoms with Crippen LogP contribution in [-0.4, -0.2) is 59.1 Å². The number of benzene rings is 2. The van der Waals surface area contributed by atoms with Gasteiger partial charge in [-0.15, -0.1) is 0 Å². The average molecular weight is 426 g/mol. The molecule has 2 amide bonds. The van der Waals surface area contributed by atoms with Crippen LogP contribution in [0.15, 0.2) is 54.6 Å². The van der Waals surface area contributed by atoms with E-state index >= 15 is 0 Å². The van der Waals surface area contributed by atoms with Gasteiger partial charge in [0.2, 0.25) is 5.91 Å². The minimum atomic E-state index is -1.08. The summed E-state index contributed by atoms with van der Waals surface area (Å²) in [5, 5.41) is 12.0. The molecule has 8 heteroatoms. The second kappa shape index (κ2) is 10.1. The average Bonchev–Trinajstić information content (AvgIpc) is 3.16. The van der Waals surface area contributed by atoms with E-state index in [4.69, 9.17) is 9.47 Å². The molecule has 2 atom stereocenters. The van der Waals surface area contributed by atoms with E-state index < -0.39 is 23.8 Å². The normalized spacial score (nSPS) is 18.1. The first-order chi connectivity index (χ1) is 14.8. The molecule has 164 valence electrons. The zero-order chi connectivity index (χ0) is 22.4. The zero-order valence-corrected chi connectivity index (χ0v) is 17.5. The van der Waals surface area contributed by atoms with E-state index in [0.29, 0.717) is 17.1 Å². The Morgan fingerprint density at radius 3 is 2.32 bits per heavy atom. The van der Waals surface area contributed by atoms with Crippen molar-refractivity contribution in [1.82, 2.24) is 10.2 Å². The summed E-state index contributed by atoms with van der Waals surface area (Å²) in [5.41, 5.74) is 0.366. The second-order valence-electron chi connectivity index (χ2n) is 7.56. The van der Waals surface area contributed by atoms with Crippen LogP contribution >= 0.6 is 0 Å². The van der Waals surface area contributed by atoms with Crippen LogP contribution in [0, 0.1) is 0 Å². The Morgan fingerprint density at radius 2 is 1.71 bits per heavy atom. The van der Waals surface area contributed by atoms with Crippen molar-refractivity contribution >= 4 is 17.8 Å². The van der Waals surface area contributed by atoms with Gasteiger partial charge in [0.25, 0.3) is 5.91 Å². The maximum Gasteiger partial charge on any atom is 0.326 e. The minimum absolute atomic E-state index is 0.0666. The molecule has 2 aromatic carbocycles. The number of nitrogens with zero attached hydrogens (tertiary/aromatic N) is 1. The third-order valence-electron chi connectivity index (χ3n) is 4.83. The number of nitrogens with one attached hydrogen (secondary N) is 1. The van der Waals surface area contributed by atoms with Crippen molar-refractivity contribution < 1.29 is 29.0 Å². The fraction of sp³-hybridized carbons (Fsp3) is 0.348. The Hall–Kier alpha value is -3.39. The van der Waals surface area contributed by atoms with E-state index in [0.717, 1.165) is 0 Å². The minimum Gasteiger partial charge on any atom is -0.480 e. The molecule has 2 aromatic rings. The molecule has 1 saturated heterocycles. The summed E-state index contributed by atoms with van der Waals surface area (Å²) in [4.78, 5) is 37.7. The molecule has 0 bridgehead atoms. The number of carbonyl (C=O) groups is 3. The van der Waals surface area contributed by atoms with Gasteiger partial charge in [-0.1, -0.05) is 18.2 Å². The number of para-hydroxylation sites is 1. The van der Waals surface area contributed by atoms with Crippen LogP contribution in [0.25, 0.3) is 0 Å². The van der Waals surface area contributed by atoms with Crippen LogP contribution in [-0.2, 0) is 14.3 Å². The SMILES string of the molecule is CC(C)OC1C[C@H](C(=O)O)N(C(=O)CNC(=O)c2ccc(Oc3ccccc3)cc2)C1. The van der Waals surface area contributed by atoms with Gasteiger partial charge in [-0.25, -0.2) is 4.79 Å². The third kappa shape index (κ3) is 6.05. The number of carboxylic acid groups (broad SMARTS) is 1. The van der Waals surface area contributed by atoms with Crippen LogP contribution in [0.2, 0.25) is 0 Å². The number of hydrogen-bond acceptors (Lipinski definition) is 5. The van der Waals surface area contributed by atoms with Gasteiger partial charge in [0.05, 0.1) is 18.8 Å². The number of carboxylic acids is 1. The molecule has 31 heavy (non-hydrogen) atoms. The molecule has 3 rings (SSSR count). The smallest absolute Gasteiger partial charge is 0.326 e. The summed E-state index contributed by atoms with van der Waals surface area (Å²) in [5.74, 6) is -0.705. The Morgan fingerprint density at radius 1 is 1.06 bits per heavy atom. The topological polar surface area (TPSA) is 105 Å². The highest BCUT2D eigenvalue weighted by atomic mass is 16.5. The largest absolute Gasteiger partial charge is 0.480 e. The molecule has 0 radical (unpaired) electrons. The Labute approximate surface area is 180 Å². The van der Waals surface area contributed by atoms with E-state index in [9.17, 15) is 19.5 Å². The van der Waals surface area contributed by atoms with Gasteiger partial charge in [-0.05, 0) is 50.2 Å². The van der Waals surface area contributed by atoms with Gasteiger partial charge < -0.3 is 24.8 Å². The monoisotopic (exact) mass is 426 g/mol. The maximum atomic E-state index is 12.6. The highest BCUT2D eigenvalue weighted by molar-refractivity contribution is 5.97. The van der Waals surface area contributed by atoms with Gasteiger partial charge in [-0.2, -0.15) is 0 Å². The number of aliphatic carboxylic acids is 1. The molecular formula is C23H26N2O6. The van der Waals surface area contributed by atoms with Gasteiger partial charge in [0.15, 0.2) is 0 Å². The van der Waals surface area contributed by atoms with Crippen molar-refractivity contribution in [1.29, 1.82) is 0 Å². The number of amides is 2. The van der Waals surface area contributed by atoms with Gasteiger partial charge in [0.1, 0.15) is 17.5 Å². The zero-order valence-electron chi connectivity index (χ0n) is 17.5. The molecule has 0 aliphatic carbocycles. The van der Waals surface area contributed by atoms with E-state index in [1.54, 1.807) is 24.3 Å². The van der Waals surface area contributed by atoms with Crippen molar-refractivity contribution in [3.8, 4) is 11.5 Å². The highest BCUT2D eigenvalue weighted by Gasteiger charge is 2.40. The summed E-state index contributed by atoms with van der Waals surface area (Å²) in [6.07, 6.45) is -0.170. The number of likely N-dealkylation sites (tertiary alicyclic amines) is 1. The van der Waals surface area contributed by atoms with Gasteiger partial charge >= 0.3 is 5.97 Å². The lowest BCUT2D eigenvalue weighted by Crippen LogP contribution is -2.45. The molecule has 1 aliphatic heterocycles. The first-order valence-corrected chi connectivity index (χ1v) is 10.1. The molecule has 1 heterocycles. The van der Waals surface area contributed by atoms with Crippen molar-refractivity contribution in [3.05, 3.63) is 60.2 Å². The van der Waals surface area contributed by atoms with Crippen LogP contribution in [0.1, 0.15) is 30.6 Å². The highest BCUT2D eigenvalue weighted by Crippen LogP contribution is 2.23. The van der Waals surface area contributed by atoms with Gasteiger partial charge in [0, 0.05) is 18.5 Å². The van der Waals surface area contributed by atoms with E-state index in [-0.39, 0.29) is 31.7 Å². The van der Waals surface area contributed by atoms with E-state index in [1.807, 2.05) is 44.2 Å². The quantitative estimate of drug-likeness (QED) is 0.672. The van der Waals surface area contributed by atoms with E-state index in [2.05, 4.69) is 5.32 Å². The lowest BCUT2D eigenvalue weighted by Gasteiger charge is -2.21. The first kappa shape index (κ1) is 22.3. The second-order valence-corrected chi connectivity index (χ2v) is 7.56. The van der Waals surface area contributed by atoms with Crippen molar-refractivity contribution in [2.75, 3.05) is 13.1 Å². The Kier molecular flexibility index (Phi) is 7.25. The molecule has 1 fully saturated rings. The van der Waals surface area contributed by atoms with Crippen LogP contribution < -0.4 is 10.1 Å². The van der Waals surface area contributed by atoms with Crippen LogP contribution in [0.4, 0.5) is 0 Å². The predicted molar refractivity (Wildman–Crippen MR) is 113 cm³/mol. The molecule has 0 saturated carbocycles. The summed E-state index contributed by atoms with van der Waals surface area (Å²) in [6, 6.07) is 14.8. The summed E-state index contributed by atoms with van der Waals surface area (Å²) in [7, 11) is 0. The lowest BCUT2D eigenvalue weighted by molar-refractivity contribution is -0.147. The lowest BCUT2D eigenvalue weighted by atomic mass is 10.2. The fourth-order valence-corrected chi connectivity index (χ4v) is 3.45. The standard InChI is InChI=1S/C23H26N2O6/c1-15(2)30-19-12-20(23(28)29)25(14-19)21(26)13-24-22(27)16-8-10-18(11-9-16)31-17-6-4-3-5-7-17/h3-11,15,19-20H,12-14H2,1-2H3,(H,24,27)(H,28,29)/t19?,20-/m1/s1. The van der Waals surface area contributed by atoms with Gasteiger partial charge in [-0.3, -0.25) is 9.59 Å². The fourth-order valence-electron chi connectivity index (χ4n) is 3.45. The molecule has 8 nitrogen and oxygen atoms in total. The number of carbonyl (C=O) groups excluding carboxylic acids is 2. The van der Waals surface area contributed by atoms with Crippen molar-refractivity contribution in [2.24, 2.45) is 0 Å². The number of hydrogen-bond donors (Lipinski definition) is 2. The molecule has 2 N–H and O–H groups in total. The van der Waals surface area contributed by atoms with Crippen LogP contribution in [0.3, 0.4) is 0 Å². The number of ether oxygens (including phenoxy) is 2. The Balaban J connectivity index is 1.54. The molecular weight excluding hydrogens is 400 g/mol. The van der Waals surface area contributed by atoms with E-state index in [1.165, 1.54) is 4.90 Å². The molecule has 0 spiro atoms. The Bertz CT molecular complexity index is 913. The molecule has 1 aliphatic rings. The predicted octanol–water partition coefficient (Wildman–Crippen LogP) is 2.69. The molecule has 1 unspecified atom stereocenters. The van der Waals surface area contributed by atoms with Crippen LogP contribution in [0.5, 0.6) is 11.5 Å². The first-order valence-electron chi connectivity index (χ1n) is 10.1. The number of rotatable bonds is 8. The van der Waals surface area contributed by atoms with Crippen molar-refractivity contribution in [2.45, 2.75) is 38.5 Å².